The average Bonchev–Trinajstić information content (AvgIpc) is 2.55. The summed E-state index contributed by atoms with van der Waals surface area (Å²) in [5, 5.41) is 6.16. The first-order valence-electron chi connectivity index (χ1n) is 7.87. The van der Waals surface area contributed by atoms with E-state index < -0.39 is 0 Å². The summed E-state index contributed by atoms with van der Waals surface area (Å²) < 4.78 is 1.05. The van der Waals surface area contributed by atoms with Crippen LogP contribution in [0.1, 0.15) is 42.2 Å². The minimum absolute atomic E-state index is 0.120. The summed E-state index contributed by atoms with van der Waals surface area (Å²) in [6, 6.07) is 9.67. The summed E-state index contributed by atoms with van der Waals surface area (Å²) in [6.07, 6.45) is 4.95. The zero-order valence-electron chi connectivity index (χ0n) is 13.5. The van der Waals surface area contributed by atoms with Crippen LogP contribution < -0.4 is 10.6 Å². The van der Waals surface area contributed by atoms with Crippen molar-refractivity contribution in [1.82, 2.24) is 10.3 Å². The lowest BCUT2D eigenvalue weighted by Crippen LogP contribution is -2.25. The van der Waals surface area contributed by atoms with Crippen LogP contribution in [0.4, 0.5) is 11.4 Å². The Labute approximate surface area is 145 Å². The van der Waals surface area contributed by atoms with Gasteiger partial charge in [-0.1, -0.05) is 41.8 Å². The molecule has 5 heteroatoms. The normalized spacial score (nSPS) is 10.4. The highest BCUT2D eigenvalue weighted by Gasteiger charge is 2.06. The van der Waals surface area contributed by atoms with E-state index >= 15 is 0 Å². The van der Waals surface area contributed by atoms with Crippen LogP contribution in [0.15, 0.2) is 41.0 Å². The van der Waals surface area contributed by atoms with Crippen molar-refractivity contribution in [2.24, 2.45) is 0 Å². The van der Waals surface area contributed by atoms with Gasteiger partial charge in [0.15, 0.2) is 0 Å². The van der Waals surface area contributed by atoms with E-state index in [4.69, 9.17) is 0 Å². The summed E-state index contributed by atoms with van der Waals surface area (Å²) >= 11 is 3.52. The fourth-order valence-electron chi connectivity index (χ4n) is 2.11. The molecule has 0 unspecified atom stereocenters. The van der Waals surface area contributed by atoms with E-state index in [-0.39, 0.29) is 5.91 Å². The number of pyridine rings is 1. The van der Waals surface area contributed by atoms with Gasteiger partial charge in [0.05, 0.1) is 11.9 Å². The molecule has 1 heterocycles. The second-order valence-corrected chi connectivity index (χ2v) is 6.34. The Morgan fingerprint density at radius 3 is 2.61 bits per heavy atom. The summed E-state index contributed by atoms with van der Waals surface area (Å²) in [4.78, 5) is 16.2. The number of aromatic nitrogens is 1. The average molecular weight is 376 g/mol. The molecule has 2 rings (SSSR count). The molecule has 0 aliphatic carbocycles. The summed E-state index contributed by atoms with van der Waals surface area (Å²) in [5.41, 5.74) is 3.45. The van der Waals surface area contributed by atoms with E-state index in [2.05, 4.69) is 38.5 Å². The molecular weight excluding hydrogens is 354 g/mol. The zero-order valence-corrected chi connectivity index (χ0v) is 15.1. The maximum atomic E-state index is 12.0. The van der Waals surface area contributed by atoms with Gasteiger partial charge in [0, 0.05) is 16.7 Å². The van der Waals surface area contributed by atoms with E-state index in [1.54, 1.807) is 12.3 Å². The number of unbranched alkanes of at least 4 members (excludes halogenated alkanes) is 2. The molecule has 0 bridgehead atoms. The standard InChI is InChI=1S/C18H22BrN3O/c1-3-4-5-10-20-18(23)17-9-8-15(12-21-17)22-14-7-6-13(2)16(19)11-14/h6-9,11-12,22H,3-5,10H2,1-2H3,(H,20,23). The number of hydrogen-bond acceptors (Lipinski definition) is 3. The second kappa shape index (κ2) is 8.67. The third kappa shape index (κ3) is 5.36. The fraction of sp³-hybridized carbons (Fsp3) is 0.333. The molecule has 0 spiro atoms. The van der Waals surface area contributed by atoms with Crippen LogP contribution in [0.25, 0.3) is 0 Å². The Hall–Kier alpha value is -1.88. The number of aryl methyl sites for hydroxylation is 1. The van der Waals surface area contributed by atoms with Gasteiger partial charge in [0.1, 0.15) is 5.69 Å². The van der Waals surface area contributed by atoms with Crippen molar-refractivity contribution in [3.05, 3.63) is 52.3 Å². The Morgan fingerprint density at radius 2 is 1.96 bits per heavy atom. The molecule has 1 aromatic heterocycles. The van der Waals surface area contributed by atoms with Crippen molar-refractivity contribution in [2.75, 3.05) is 11.9 Å². The topological polar surface area (TPSA) is 54.0 Å². The Balaban J connectivity index is 1.93. The first-order chi connectivity index (χ1) is 11.1. The van der Waals surface area contributed by atoms with Gasteiger partial charge in [0.25, 0.3) is 5.91 Å². The zero-order chi connectivity index (χ0) is 16.7. The molecule has 1 amide bonds. The van der Waals surface area contributed by atoms with E-state index in [1.165, 1.54) is 5.56 Å². The molecule has 23 heavy (non-hydrogen) atoms. The van der Waals surface area contributed by atoms with Gasteiger partial charge in [-0.3, -0.25) is 4.79 Å². The summed E-state index contributed by atoms with van der Waals surface area (Å²) in [7, 11) is 0. The number of nitrogens with zero attached hydrogens (tertiary/aromatic N) is 1. The van der Waals surface area contributed by atoms with Crippen LogP contribution >= 0.6 is 15.9 Å². The Bertz CT molecular complexity index is 656. The van der Waals surface area contributed by atoms with Crippen molar-refractivity contribution < 1.29 is 4.79 Å². The third-order valence-electron chi connectivity index (χ3n) is 3.52. The van der Waals surface area contributed by atoms with Gasteiger partial charge >= 0.3 is 0 Å². The van der Waals surface area contributed by atoms with Crippen molar-refractivity contribution in [2.45, 2.75) is 33.1 Å². The Kier molecular flexibility index (Phi) is 6.59. The SMILES string of the molecule is CCCCCNC(=O)c1ccc(Nc2ccc(C)c(Br)c2)cn1. The minimum Gasteiger partial charge on any atom is -0.354 e. The number of carbonyl (C=O) groups excluding carboxylic acids is 1. The number of benzene rings is 1. The van der Waals surface area contributed by atoms with Crippen LogP contribution in [0.3, 0.4) is 0 Å². The van der Waals surface area contributed by atoms with Crippen LogP contribution in [-0.4, -0.2) is 17.4 Å². The number of carbonyl (C=O) groups is 1. The smallest absolute Gasteiger partial charge is 0.269 e. The van der Waals surface area contributed by atoms with E-state index in [1.807, 2.05) is 31.2 Å². The lowest BCUT2D eigenvalue weighted by Gasteiger charge is -2.09. The molecule has 4 nitrogen and oxygen atoms in total. The number of halogens is 1. The molecule has 0 fully saturated rings. The van der Waals surface area contributed by atoms with Crippen molar-refractivity contribution >= 4 is 33.2 Å². The highest BCUT2D eigenvalue weighted by atomic mass is 79.9. The number of nitrogens with one attached hydrogen (secondary N) is 2. The molecule has 0 saturated carbocycles. The van der Waals surface area contributed by atoms with Crippen LogP contribution in [0, 0.1) is 6.92 Å². The highest BCUT2D eigenvalue weighted by molar-refractivity contribution is 9.10. The molecule has 2 N–H and O–H groups in total. The minimum atomic E-state index is -0.120. The fourth-order valence-corrected chi connectivity index (χ4v) is 2.49. The first-order valence-corrected chi connectivity index (χ1v) is 8.67. The quantitative estimate of drug-likeness (QED) is 0.682. The third-order valence-corrected chi connectivity index (χ3v) is 4.38. The predicted octanol–water partition coefficient (Wildman–Crippen LogP) is 4.82. The monoisotopic (exact) mass is 375 g/mol. The Morgan fingerprint density at radius 1 is 1.17 bits per heavy atom. The van der Waals surface area contributed by atoms with E-state index in [0.29, 0.717) is 12.2 Å². The van der Waals surface area contributed by atoms with Gasteiger partial charge < -0.3 is 10.6 Å². The largest absolute Gasteiger partial charge is 0.354 e. The lowest BCUT2D eigenvalue weighted by atomic mass is 10.2. The highest BCUT2D eigenvalue weighted by Crippen LogP contribution is 2.23. The van der Waals surface area contributed by atoms with E-state index in [9.17, 15) is 4.79 Å². The van der Waals surface area contributed by atoms with Crippen molar-refractivity contribution in [1.29, 1.82) is 0 Å². The number of amides is 1. The first kappa shape index (κ1) is 17.5. The van der Waals surface area contributed by atoms with Gasteiger partial charge in [-0.15, -0.1) is 0 Å². The van der Waals surface area contributed by atoms with Gasteiger partial charge in [0.2, 0.25) is 0 Å². The maximum Gasteiger partial charge on any atom is 0.269 e. The predicted molar refractivity (Wildman–Crippen MR) is 98.3 cm³/mol. The number of rotatable bonds is 7. The van der Waals surface area contributed by atoms with Gasteiger partial charge in [-0.2, -0.15) is 0 Å². The lowest BCUT2D eigenvalue weighted by molar-refractivity contribution is 0.0948. The maximum absolute atomic E-state index is 12.0. The summed E-state index contributed by atoms with van der Waals surface area (Å²) in [6.45, 7) is 4.89. The molecule has 2 aromatic rings. The van der Waals surface area contributed by atoms with Gasteiger partial charge in [-0.05, 0) is 43.2 Å². The van der Waals surface area contributed by atoms with Gasteiger partial charge in [-0.25, -0.2) is 4.98 Å². The molecule has 0 aliphatic rings. The van der Waals surface area contributed by atoms with Crippen molar-refractivity contribution in [3.8, 4) is 0 Å². The molecular formula is C18H22BrN3O. The van der Waals surface area contributed by atoms with Crippen LogP contribution in [-0.2, 0) is 0 Å². The molecule has 122 valence electrons. The number of hydrogen-bond donors (Lipinski definition) is 2. The van der Waals surface area contributed by atoms with Crippen molar-refractivity contribution in [3.63, 3.8) is 0 Å². The van der Waals surface area contributed by atoms with Crippen LogP contribution in [0.5, 0.6) is 0 Å². The molecule has 0 radical (unpaired) electrons. The molecule has 0 aliphatic heterocycles. The van der Waals surface area contributed by atoms with E-state index in [0.717, 1.165) is 35.1 Å². The molecule has 0 atom stereocenters. The second-order valence-electron chi connectivity index (χ2n) is 5.48. The van der Waals surface area contributed by atoms with Crippen LogP contribution in [0.2, 0.25) is 0 Å². The molecule has 0 saturated heterocycles. The summed E-state index contributed by atoms with van der Waals surface area (Å²) in [5.74, 6) is -0.120. The number of anilines is 2. The molecule has 1 aromatic carbocycles.